The van der Waals surface area contributed by atoms with E-state index < -0.39 is 6.04 Å². The summed E-state index contributed by atoms with van der Waals surface area (Å²) in [5.41, 5.74) is 0.952. The van der Waals surface area contributed by atoms with Crippen molar-refractivity contribution in [3.8, 4) is 0 Å². The average molecular weight is 418 g/mol. The zero-order chi connectivity index (χ0) is 19.9. The Morgan fingerprint density at radius 3 is 2.59 bits per heavy atom. The molecule has 5 nitrogen and oxygen atoms in total. The van der Waals surface area contributed by atoms with Gasteiger partial charge in [0.05, 0.1) is 6.42 Å². The van der Waals surface area contributed by atoms with E-state index in [0.717, 1.165) is 35.8 Å². The Balaban J connectivity index is 0.00000300. The van der Waals surface area contributed by atoms with Crippen LogP contribution in [-0.2, 0) is 16.0 Å². The van der Waals surface area contributed by atoms with E-state index in [-0.39, 0.29) is 36.6 Å². The number of halogens is 1. The first-order valence-electron chi connectivity index (χ1n) is 10.3. The van der Waals surface area contributed by atoms with Crippen LogP contribution in [0.1, 0.15) is 32.3 Å². The first-order chi connectivity index (χ1) is 13.5. The molecule has 6 heteroatoms. The molecule has 158 valence electrons. The second-order valence-electron chi connectivity index (χ2n) is 8.09. The Morgan fingerprint density at radius 1 is 1.14 bits per heavy atom. The molecule has 2 amide bonds. The van der Waals surface area contributed by atoms with Gasteiger partial charge in [-0.1, -0.05) is 56.3 Å². The molecule has 3 rings (SSSR count). The van der Waals surface area contributed by atoms with E-state index in [2.05, 4.69) is 22.0 Å². The summed E-state index contributed by atoms with van der Waals surface area (Å²) >= 11 is 0. The molecule has 2 unspecified atom stereocenters. The van der Waals surface area contributed by atoms with Crippen molar-refractivity contribution < 1.29 is 9.59 Å². The molecule has 2 atom stereocenters. The van der Waals surface area contributed by atoms with Crippen LogP contribution in [0.15, 0.2) is 42.5 Å². The summed E-state index contributed by atoms with van der Waals surface area (Å²) in [4.78, 5) is 25.1. The monoisotopic (exact) mass is 417 g/mol. The minimum atomic E-state index is -0.505. The molecule has 1 aliphatic rings. The minimum Gasteiger partial charge on any atom is -0.354 e. The van der Waals surface area contributed by atoms with Gasteiger partial charge in [0.2, 0.25) is 11.8 Å². The zero-order valence-electron chi connectivity index (χ0n) is 17.2. The van der Waals surface area contributed by atoms with Crippen molar-refractivity contribution in [1.82, 2.24) is 16.0 Å². The summed E-state index contributed by atoms with van der Waals surface area (Å²) in [7, 11) is 0. The summed E-state index contributed by atoms with van der Waals surface area (Å²) in [6, 6.07) is 13.6. The molecule has 3 N–H and O–H groups in total. The van der Waals surface area contributed by atoms with Crippen molar-refractivity contribution in [1.29, 1.82) is 0 Å². The van der Waals surface area contributed by atoms with Gasteiger partial charge in [0, 0.05) is 6.54 Å². The quantitative estimate of drug-likeness (QED) is 0.618. The van der Waals surface area contributed by atoms with Crippen molar-refractivity contribution in [3.05, 3.63) is 48.0 Å². The Hall–Kier alpha value is -2.11. The molecule has 1 heterocycles. The largest absolute Gasteiger partial charge is 0.354 e. The van der Waals surface area contributed by atoms with Crippen LogP contribution >= 0.6 is 12.4 Å². The Kier molecular flexibility index (Phi) is 8.93. The van der Waals surface area contributed by atoms with Crippen LogP contribution < -0.4 is 16.0 Å². The SMILES string of the molecule is CC(C)C(NC(=O)Cc1ccc2ccccc2c1)C(=O)NCCC1CCNC1.Cl. The summed E-state index contributed by atoms with van der Waals surface area (Å²) < 4.78 is 0. The topological polar surface area (TPSA) is 70.2 Å². The first-order valence-corrected chi connectivity index (χ1v) is 10.3. The van der Waals surface area contributed by atoms with Crippen LogP contribution in [-0.4, -0.2) is 37.5 Å². The van der Waals surface area contributed by atoms with E-state index in [9.17, 15) is 9.59 Å². The smallest absolute Gasteiger partial charge is 0.242 e. The lowest BCUT2D eigenvalue weighted by molar-refractivity contribution is -0.129. The highest BCUT2D eigenvalue weighted by Gasteiger charge is 2.24. The second-order valence-corrected chi connectivity index (χ2v) is 8.09. The maximum atomic E-state index is 12.6. The molecule has 1 saturated heterocycles. The molecule has 0 spiro atoms. The maximum absolute atomic E-state index is 12.6. The second kappa shape index (κ2) is 11.2. The summed E-state index contributed by atoms with van der Waals surface area (Å²) in [5, 5.41) is 11.5. The van der Waals surface area contributed by atoms with Crippen molar-refractivity contribution in [2.45, 2.75) is 39.2 Å². The number of amides is 2. The number of carbonyl (C=O) groups is 2. The summed E-state index contributed by atoms with van der Waals surface area (Å²) in [6.07, 6.45) is 2.43. The number of fused-ring (bicyclic) bond motifs is 1. The Bertz CT molecular complexity index is 819. The highest BCUT2D eigenvalue weighted by molar-refractivity contribution is 5.89. The van der Waals surface area contributed by atoms with E-state index in [1.54, 1.807) is 0 Å². The standard InChI is InChI=1S/C23H31N3O2.ClH/c1-16(2)22(23(28)25-12-10-17-9-11-24-15-17)26-21(27)14-18-7-8-19-5-3-4-6-20(19)13-18;/h3-8,13,16-17,22,24H,9-12,14-15H2,1-2H3,(H,25,28)(H,26,27);1H. The highest BCUT2D eigenvalue weighted by Crippen LogP contribution is 2.16. The lowest BCUT2D eigenvalue weighted by Crippen LogP contribution is -2.50. The molecule has 0 bridgehead atoms. The third-order valence-corrected chi connectivity index (χ3v) is 5.46. The molecule has 1 aliphatic heterocycles. The lowest BCUT2D eigenvalue weighted by Gasteiger charge is -2.22. The van der Waals surface area contributed by atoms with Crippen molar-refractivity contribution in [3.63, 3.8) is 0 Å². The fraction of sp³-hybridized carbons (Fsp3) is 0.478. The summed E-state index contributed by atoms with van der Waals surface area (Å²) in [6.45, 7) is 6.68. The van der Waals surface area contributed by atoms with Crippen LogP contribution in [0.4, 0.5) is 0 Å². The zero-order valence-corrected chi connectivity index (χ0v) is 18.1. The minimum absolute atomic E-state index is 0. The van der Waals surface area contributed by atoms with Crippen LogP contribution in [0.3, 0.4) is 0 Å². The van der Waals surface area contributed by atoms with E-state index in [0.29, 0.717) is 12.5 Å². The molecule has 0 saturated carbocycles. The van der Waals surface area contributed by atoms with Gasteiger partial charge in [-0.3, -0.25) is 9.59 Å². The fourth-order valence-electron chi connectivity index (χ4n) is 3.76. The van der Waals surface area contributed by atoms with Gasteiger partial charge >= 0.3 is 0 Å². The predicted octanol–water partition coefficient (Wildman–Crippen LogP) is 3.06. The number of benzene rings is 2. The van der Waals surface area contributed by atoms with E-state index >= 15 is 0 Å². The highest BCUT2D eigenvalue weighted by atomic mass is 35.5. The number of carbonyl (C=O) groups excluding carboxylic acids is 2. The third-order valence-electron chi connectivity index (χ3n) is 5.46. The molecule has 2 aromatic rings. The van der Waals surface area contributed by atoms with E-state index in [1.165, 1.54) is 6.42 Å². The van der Waals surface area contributed by atoms with Gasteiger partial charge in [-0.25, -0.2) is 0 Å². The van der Waals surface area contributed by atoms with Crippen molar-refractivity contribution in [2.24, 2.45) is 11.8 Å². The third kappa shape index (κ3) is 6.72. The molecule has 0 aromatic heterocycles. The van der Waals surface area contributed by atoms with Gasteiger partial charge in [0.15, 0.2) is 0 Å². The van der Waals surface area contributed by atoms with Crippen LogP contribution in [0.2, 0.25) is 0 Å². The van der Waals surface area contributed by atoms with Crippen molar-refractivity contribution in [2.75, 3.05) is 19.6 Å². The van der Waals surface area contributed by atoms with Crippen LogP contribution in [0.5, 0.6) is 0 Å². The van der Waals surface area contributed by atoms with Gasteiger partial charge < -0.3 is 16.0 Å². The Morgan fingerprint density at radius 2 is 1.90 bits per heavy atom. The van der Waals surface area contributed by atoms with Gasteiger partial charge in [-0.2, -0.15) is 0 Å². The molecular weight excluding hydrogens is 386 g/mol. The number of rotatable bonds is 8. The first kappa shape index (κ1) is 23.2. The van der Waals surface area contributed by atoms with Crippen LogP contribution in [0.25, 0.3) is 10.8 Å². The van der Waals surface area contributed by atoms with Crippen molar-refractivity contribution >= 4 is 35.0 Å². The average Bonchev–Trinajstić information content (AvgIpc) is 3.19. The molecular formula is C23H32ClN3O2. The predicted molar refractivity (Wildman–Crippen MR) is 120 cm³/mol. The van der Waals surface area contributed by atoms with Gasteiger partial charge in [0.1, 0.15) is 6.04 Å². The van der Waals surface area contributed by atoms with Gasteiger partial charge in [-0.15, -0.1) is 12.4 Å². The number of hydrogen-bond donors (Lipinski definition) is 3. The van der Waals surface area contributed by atoms with E-state index in [1.807, 2.05) is 50.2 Å². The summed E-state index contributed by atoms with van der Waals surface area (Å²) in [5.74, 6) is 0.464. The maximum Gasteiger partial charge on any atom is 0.242 e. The number of nitrogens with one attached hydrogen (secondary N) is 3. The number of hydrogen-bond acceptors (Lipinski definition) is 3. The molecule has 1 fully saturated rings. The van der Waals surface area contributed by atoms with Gasteiger partial charge in [0.25, 0.3) is 0 Å². The lowest BCUT2D eigenvalue weighted by atomic mass is 10.0. The Labute approximate surface area is 179 Å². The molecule has 29 heavy (non-hydrogen) atoms. The normalized spacial score (nSPS) is 17.0. The fourth-order valence-corrected chi connectivity index (χ4v) is 3.76. The van der Waals surface area contributed by atoms with Crippen LogP contribution in [0, 0.1) is 11.8 Å². The van der Waals surface area contributed by atoms with E-state index in [4.69, 9.17) is 0 Å². The molecule has 0 aliphatic carbocycles. The van der Waals surface area contributed by atoms with Gasteiger partial charge in [-0.05, 0) is 54.1 Å². The molecule has 2 aromatic carbocycles. The molecule has 0 radical (unpaired) electrons.